The third-order valence-electron chi connectivity index (χ3n) is 2.27. The minimum Gasteiger partial charge on any atom is -0.504 e. The molecule has 0 aliphatic carbocycles. The van der Waals surface area contributed by atoms with Gasteiger partial charge in [0.25, 0.3) is 0 Å². The standard InChI is InChI=1S/C10H15NO2/c1-10(2,6-11)7-3-4-8(12)9(13)5-7/h3-5,12-13H,6,11H2,1-2H3. The lowest BCUT2D eigenvalue weighted by Gasteiger charge is -2.23. The number of aromatic hydroxyl groups is 2. The van der Waals surface area contributed by atoms with Gasteiger partial charge in [-0.25, -0.2) is 0 Å². The molecule has 0 saturated heterocycles. The molecule has 0 aromatic heterocycles. The van der Waals surface area contributed by atoms with E-state index in [-0.39, 0.29) is 16.9 Å². The first-order chi connectivity index (χ1) is 5.97. The van der Waals surface area contributed by atoms with E-state index in [1.54, 1.807) is 12.1 Å². The van der Waals surface area contributed by atoms with Crippen LogP contribution in [0, 0.1) is 0 Å². The second-order valence-electron chi connectivity index (χ2n) is 3.79. The van der Waals surface area contributed by atoms with E-state index < -0.39 is 0 Å². The van der Waals surface area contributed by atoms with Crippen molar-refractivity contribution >= 4 is 0 Å². The van der Waals surface area contributed by atoms with Crippen LogP contribution < -0.4 is 5.73 Å². The Hall–Kier alpha value is -1.22. The van der Waals surface area contributed by atoms with E-state index in [0.29, 0.717) is 6.54 Å². The molecule has 1 aromatic carbocycles. The van der Waals surface area contributed by atoms with Gasteiger partial charge in [-0.05, 0) is 17.7 Å². The molecule has 1 rings (SSSR count). The number of nitrogens with two attached hydrogens (primary N) is 1. The second-order valence-corrected chi connectivity index (χ2v) is 3.79. The summed E-state index contributed by atoms with van der Waals surface area (Å²) in [5, 5.41) is 18.4. The first-order valence-corrected chi connectivity index (χ1v) is 4.20. The van der Waals surface area contributed by atoms with Crippen LogP contribution in [0.25, 0.3) is 0 Å². The van der Waals surface area contributed by atoms with Crippen molar-refractivity contribution in [2.45, 2.75) is 19.3 Å². The molecule has 3 heteroatoms. The van der Waals surface area contributed by atoms with Gasteiger partial charge in [-0.2, -0.15) is 0 Å². The zero-order valence-electron chi connectivity index (χ0n) is 7.91. The third kappa shape index (κ3) is 1.92. The minimum atomic E-state index is -0.175. The van der Waals surface area contributed by atoms with Crippen LogP contribution in [0.2, 0.25) is 0 Å². The van der Waals surface area contributed by atoms with E-state index in [4.69, 9.17) is 10.8 Å². The SMILES string of the molecule is CC(C)(CN)c1ccc(O)c(O)c1. The molecule has 0 radical (unpaired) electrons. The average molecular weight is 181 g/mol. The number of hydrogen-bond donors (Lipinski definition) is 3. The van der Waals surface area contributed by atoms with E-state index in [9.17, 15) is 5.11 Å². The Balaban J connectivity index is 3.10. The predicted molar refractivity (Wildman–Crippen MR) is 51.9 cm³/mol. The van der Waals surface area contributed by atoms with Gasteiger partial charge >= 0.3 is 0 Å². The van der Waals surface area contributed by atoms with E-state index in [0.717, 1.165) is 5.56 Å². The van der Waals surface area contributed by atoms with E-state index in [2.05, 4.69) is 0 Å². The zero-order valence-corrected chi connectivity index (χ0v) is 7.91. The van der Waals surface area contributed by atoms with Crippen molar-refractivity contribution in [1.29, 1.82) is 0 Å². The van der Waals surface area contributed by atoms with Gasteiger partial charge in [-0.15, -0.1) is 0 Å². The normalized spacial score (nSPS) is 11.6. The Morgan fingerprint density at radius 1 is 1.23 bits per heavy atom. The van der Waals surface area contributed by atoms with E-state index >= 15 is 0 Å². The molecule has 0 bridgehead atoms. The molecule has 13 heavy (non-hydrogen) atoms. The van der Waals surface area contributed by atoms with E-state index in [1.165, 1.54) is 6.07 Å². The topological polar surface area (TPSA) is 66.5 Å². The van der Waals surface area contributed by atoms with Crippen LogP contribution in [0.5, 0.6) is 11.5 Å². The fourth-order valence-corrected chi connectivity index (χ4v) is 1.06. The molecule has 0 fully saturated rings. The van der Waals surface area contributed by atoms with Gasteiger partial charge in [-0.1, -0.05) is 19.9 Å². The van der Waals surface area contributed by atoms with Crippen molar-refractivity contribution in [1.82, 2.24) is 0 Å². The van der Waals surface area contributed by atoms with Crippen molar-refractivity contribution in [2.24, 2.45) is 5.73 Å². The summed E-state index contributed by atoms with van der Waals surface area (Å²) in [6, 6.07) is 4.78. The lowest BCUT2D eigenvalue weighted by Crippen LogP contribution is -2.27. The van der Waals surface area contributed by atoms with Crippen molar-refractivity contribution < 1.29 is 10.2 Å². The van der Waals surface area contributed by atoms with Gasteiger partial charge in [0.2, 0.25) is 0 Å². The van der Waals surface area contributed by atoms with Crippen LogP contribution >= 0.6 is 0 Å². The quantitative estimate of drug-likeness (QED) is 0.603. The summed E-state index contributed by atoms with van der Waals surface area (Å²) in [6.07, 6.45) is 0. The molecule has 0 saturated carbocycles. The summed E-state index contributed by atoms with van der Waals surface area (Å²) < 4.78 is 0. The summed E-state index contributed by atoms with van der Waals surface area (Å²) in [6.45, 7) is 4.47. The van der Waals surface area contributed by atoms with Crippen LogP contribution in [0.4, 0.5) is 0 Å². The maximum Gasteiger partial charge on any atom is 0.157 e. The summed E-state index contributed by atoms with van der Waals surface area (Å²) >= 11 is 0. The van der Waals surface area contributed by atoms with Crippen molar-refractivity contribution in [3.05, 3.63) is 23.8 Å². The Bertz CT molecular complexity index is 308. The Morgan fingerprint density at radius 3 is 2.31 bits per heavy atom. The number of benzene rings is 1. The van der Waals surface area contributed by atoms with Gasteiger partial charge in [0.15, 0.2) is 11.5 Å². The maximum atomic E-state index is 9.27. The highest BCUT2D eigenvalue weighted by atomic mass is 16.3. The van der Waals surface area contributed by atoms with Gasteiger partial charge < -0.3 is 15.9 Å². The molecule has 0 atom stereocenters. The van der Waals surface area contributed by atoms with Crippen molar-refractivity contribution in [2.75, 3.05) is 6.54 Å². The molecule has 3 nitrogen and oxygen atoms in total. The molecule has 0 aliphatic rings. The summed E-state index contributed by atoms with van der Waals surface area (Å²) in [7, 11) is 0. The van der Waals surface area contributed by atoms with Crippen LogP contribution in [-0.4, -0.2) is 16.8 Å². The van der Waals surface area contributed by atoms with Crippen molar-refractivity contribution in [3.8, 4) is 11.5 Å². The number of phenols is 2. The lowest BCUT2D eigenvalue weighted by molar-refractivity contribution is 0.401. The molecular weight excluding hydrogens is 166 g/mol. The molecule has 0 heterocycles. The summed E-state index contributed by atoms with van der Waals surface area (Å²) in [4.78, 5) is 0. The Kier molecular flexibility index (Phi) is 2.48. The second kappa shape index (κ2) is 3.26. The molecular formula is C10H15NO2. The van der Waals surface area contributed by atoms with Crippen LogP contribution in [-0.2, 0) is 5.41 Å². The smallest absolute Gasteiger partial charge is 0.157 e. The molecule has 0 spiro atoms. The number of rotatable bonds is 2. The van der Waals surface area contributed by atoms with E-state index in [1.807, 2.05) is 13.8 Å². The fourth-order valence-electron chi connectivity index (χ4n) is 1.06. The average Bonchev–Trinajstić information content (AvgIpc) is 2.09. The third-order valence-corrected chi connectivity index (χ3v) is 2.27. The lowest BCUT2D eigenvalue weighted by atomic mass is 9.85. The predicted octanol–water partition coefficient (Wildman–Crippen LogP) is 1.33. The van der Waals surface area contributed by atoms with Crippen molar-refractivity contribution in [3.63, 3.8) is 0 Å². The highest BCUT2D eigenvalue weighted by Gasteiger charge is 2.19. The van der Waals surface area contributed by atoms with Crippen LogP contribution in [0.3, 0.4) is 0 Å². The van der Waals surface area contributed by atoms with Gasteiger partial charge in [0.05, 0.1) is 0 Å². The molecule has 72 valence electrons. The van der Waals surface area contributed by atoms with Crippen LogP contribution in [0.15, 0.2) is 18.2 Å². The van der Waals surface area contributed by atoms with Gasteiger partial charge in [0.1, 0.15) is 0 Å². The molecule has 0 amide bonds. The van der Waals surface area contributed by atoms with Crippen LogP contribution in [0.1, 0.15) is 19.4 Å². The summed E-state index contributed by atoms with van der Waals surface area (Å²) in [5.41, 5.74) is 6.33. The Morgan fingerprint density at radius 2 is 1.85 bits per heavy atom. The zero-order chi connectivity index (χ0) is 10.1. The first-order valence-electron chi connectivity index (χ1n) is 4.20. The minimum absolute atomic E-state index is 0.0981. The highest BCUT2D eigenvalue weighted by molar-refractivity contribution is 5.42. The molecule has 0 aliphatic heterocycles. The highest BCUT2D eigenvalue weighted by Crippen LogP contribution is 2.30. The first kappa shape index (κ1) is 9.86. The van der Waals surface area contributed by atoms with Gasteiger partial charge in [-0.3, -0.25) is 0 Å². The largest absolute Gasteiger partial charge is 0.504 e. The maximum absolute atomic E-state index is 9.27. The molecule has 0 unspecified atom stereocenters. The fraction of sp³-hybridized carbons (Fsp3) is 0.400. The Labute approximate surface area is 77.8 Å². The number of hydrogen-bond acceptors (Lipinski definition) is 3. The molecule has 4 N–H and O–H groups in total. The van der Waals surface area contributed by atoms with Gasteiger partial charge in [0, 0.05) is 12.0 Å². The monoisotopic (exact) mass is 181 g/mol. The molecule has 1 aromatic rings. The number of phenolic OH excluding ortho intramolecular Hbond substituents is 2. The summed E-state index contributed by atoms with van der Waals surface area (Å²) in [5.74, 6) is -0.199.